The van der Waals surface area contributed by atoms with Crippen LogP contribution in [0.5, 0.6) is 0 Å². The van der Waals surface area contributed by atoms with E-state index in [1.165, 1.54) is 23.7 Å². The maximum absolute atomic E-state index is 4.10. The Kier molecular flexibility index (Phi) is 4.34. The lowest BCUT2D eigenvalue weighted by Gasteiger charge is -2.30. The lowest BCUT2D eigenvalue weighted by atomic mass is 10.4. The second-order valence-corrected chi connectivity index (χ2v) is 9.39. The quantitative estimate of drug-likeness (QED) is 0.518. The van der Waals surface area contributed by atoms with E-state index in [0.29, 0.717) is 0 Å². The Morgan fingerprint density at radius 2 is 1.67 bits per heavy atom. The molecule has 0 amide bonds. The van der Waals surface area contributed by atoms with Crippen LogP contribution in [-0.2, 0) is 0 Å². The third kappa shape index (κ3) is 2.82. The van der Waals surface area contributed by atoms with Crippen LogP contribution in [-0.4, -0.2) is 8.07 Å². The molecule has 1 rings (SSSR count). The Morgan fingerprint density at radius 3 is 2.07 bits per heavy atom. The first-order valence-corrected chi connectivity index (χ1v) is 8.46. The highest BCUT2D eigenvalue weighted by Crippen LogP contribution is 2.23. The highest BCUT2D eigenvalue weighted by Gasteiger charge is 2.30. The molecular weight excluding hydrogens is 196 g/mol. The molecule has 0 nitrogen and oxygen atoms in total. The number of rotatable bonds is 5. The van der Waals surface area contributed by atoms with Crippen LogP contribution in [0.3, 0.4) is 0 Å². The minimum atomic E-state index is -1.28. The fourth-order valence-electron chi connectivity index (χ4n) is 2.38. The topological polar surface area (TPSA) is 0 Å². The van der Waals surface area contributed by atoms with Crippen molar-refractivity contribution in [2.24, 2.45) is 0 Å². The molecule has 0 aromatic heterocycles. The first kappa shape index (κ1) is 12.2. The molecule has 0 atom stereocenters. The first-order valence-electron chi connectivity index (χ1n) is 5.84. The van der Waals surface area contributed by atoms with Gasteiger partial charge in [-0.2, -0.15) is 0 Å². The maximum atomic E-state index is 4.10. The Bertz CT molecular complexity index is 309. The van der Waals surface area contributed by atoms with Crippen molar-refractivity contribution in [1.29, 1.82) is 0 Å². The van der Waals surface area contributed by atoms with Gasteiger partial charge < -0.3 is 0 Å². The lowest BCUT2D eigenvalue weighted by molar-refractivity contribution is 1.20. The number of hydrogen-bond donors (Lipinski definition) is 0. The second-order valence-electron chi connectivity index (χ2n) is 4.49. The van der Waals surface area contributed by atoms with E-state index >= 15 is 0 Å². The number of benzene rings is 1. The Morgan fingerprint density at radius 1 is 1.13 bits per heavy atom. The maximum Gasteiger partial charge on any atom is 0.0901 e. The highest BCUT2D eigenvalue weighted by atomic mass is 28.3. The van der Waals surface area contributed by atoms with Gasteiger partial charge in [-0.15, -0.1) is 6.58 Å². The summed E-state index contributed by atoms with van der Waals surface area (Å²) in [5.41, 5.74) is 1.34. The van der Waals surface area contributed by atoms with Crippen molar-refractivity contribution in [2.45, 2.75) is 38.9 Å². The molecule has 1 aromatic rings. The van der Waals surface area contributed by atoms with Crippen LogP contribution < -0.4 is 5.19 Å². The molecule has 0 heterocycles. The van der Waals surface area contributed by atoms with E-state index in [1.807, 2.05) is 0 Å². The molecule has 0 saturated heterocycles. The zero-order valence-corrected chi connectivity index (χ0v) is 11.2. The second kappa shape index (κ2) is 5.31. The summed E-state index contributed by atoms with van der Waals surface area (Å²) in [6.45, 7) is 10.9. The van der Waals surface area contributed by atoms with Gasteiger partial charge in [-0.1, -0.05) is 67.0 Å². The summed E-state index contributed by atoms with van der Waals surface area (Å²) in [5.74, 6) is 0. The molecule has 0 bridgehead atoms. The summed E-state index contributed by atoms with van der Waals surface area (Å²) in [6, 6.07) is 14.9. The Balaban J connectivity index is 3.05. The monoisotopic (exact) mass is 218 g/mol. The summed E-state index contributed by atoms with van der Waals surface area (Å²) in [7, 11) is -1.28. The van der Waals surface area contributed by atoms with Gasteiger partial charge in [0.05, 0.1) is 8.07 Å². The zero-order valence-electron chi connectivity index (χ0n) is 10.2. The predicted octanol–water partition coefficient (Wildman–Crippen LogP) is 3.96. The molecule has 0 radical (unpaired) electrons. The van der Waals surface area contributed by atoms with Gasteiger partial charge in [0.2, 0.25) is 0 Å². The molecule has 0 aliphatic rings. The largest absolute Gasteiger partial charge is 0.100 e. The van der Waals surface area contributed by atoms with Crippen molar-refractivity contribution >= 4 is 13.3 Å². The lowest BCUT2D eigenvalue weighted by Crippen LogP contribution is -2.46. The molecule has 0 spiro atoms. The van der Waals surface area contributed by atoms with Crippen LogP contribution in [0.25, 0.3) is 0 Å². The van der Waals surface area contributed by atoms with Crippen LogP contribution >= 0.6 is 0 Å². The van der Waals surface area contributed by atoms with E-state index in [-0.39, 0.29) is 0 Å². The summed E-state index contributed by atoms with van der Waals surface area (Å²) in [6.07, 6.45) is 0. The first-order chi connectivity index (χ1) is 7.14. The van der Waals surface area contributed by atoms with Crippen LogP contribution in [0, 0.1) is 0 Å². The van der Waals surface area contributed by atoms with Gasteiger partial charge in [0.1, 0.15) is 0 Å². The van der Waals surface area contributed by atoms with Crippen molar-refractivity contribution in [2.75, 3.05) is 0 Å². The van der Waals surface area contributed by atoms with Gasteiger partial charge in [0.15, 0.2) is 0 Å². The van der Waals surface area contributed by atoms with Crippen molar-refractivity contribution < 1.29 is 0 Å². The average Bonchev–Trinajstić information content (AvgIpc) is 2.27. The Hall–Kier alpha value is -0.823. The van der Waals surface area contributed by atoms with Gasteiger partial charge in [-0.25, -0.2) is 0 Å². The summed E-state index contributed by atoms with van der Waals surface area (Å²) in [4.78, 5) is 0. The van der Waals surface area contributed by atoms with Crippen molar-refractivity contribution in [3.05, 3.63) is 42.5 Å². The van der Waals surface area contributed by atoms with Crippen molar-refractivity contribution in [3.63, 3.8) is 0 Å². The molecule has 0 unspecified atom stereocenters. The van der Waals surface area contributed by atoms with Crippen molar-refractivity contribution in [3.8, 4) is 0 Å². The van der Waals surface area contributed by atoms with Crippen LogP contribution in [0.1, 0.15) is 20.8 Å². The van der Waals surface area contributed by atoms with E-state index in [0.717, 1.165) is 0 Å². The summed E-state index contributed by atoms with van der Waals surface area (Å²) < 4.78 is 0. The smallest absolute Gasteiger partial charge is 0.0901 e. The normalized spacial score (nSPS) is 11.4. The fourth-order valence-corrected chi connectivity index (χ4v) is 6.46. The minimum Gasteiger partial charge on any atom is -0.100 e. The molecular formula is C14H22Si. The molecule has 0 N–H and O–H groups in total. The number of hydrogen-bond acceptors (Lipinski definition) is 0. The van der Waals surface area contributed by atoms with E-state index in [9.17, 15) is 0 Å². The zero-order chi connectivity index (χ0) is 11.3. The van der Waals surface area contributed by atoms with Crippen LogP contribution in [0.4, 0.5) is 0 Å². The third-order valence-electron chi connectivity index (χ3n) is 3.38. The Labute approximate surface area is 95.0 Å². The van der Waals surface area contributed by atoms with Gasteiger partial charge in [-0.05, 0) is 13.0 Å². The average molecular weight is 218 g/mol. The standard InChI is InChI=1S/C14H22Si/c1-5-15(6-2,12-13(3)4)14-10-8-7-9-11-14/h7-11H,3,5-6,12H2,1-2,4H3. The SMILES string of the molecule is C=C(C)C[Si](CC)(CC)c1ccccc1. The summed E-state index contributed by atoms with van der Waals surface area (Å²) in [5, 5.41) is 1.60. The predicted molar refractivity (Wildman–Crippen MR) is 72.4 cm³/mol. The van der Waals surface area contributed by atoms with E-state index in [1.54, 1.807) is 5.19 Å². The summed E-state index contributed by atoms with van der Waals surface area (Å²) >= 11 is 0. The van der Waals surface area contributed by atoms with Crippen LogP contribution in [0.15, 0.2) is 42.5 Å². The molecule has 0 aliphatic heterocycles. The molecule has 0 fully saturated rings. The van der Waals surface area contributed by atoms with Gasteiger partial charge in [0.25, 0.3) is 0 Å². The molecule has 82 valence electrons. The van der Waals surface area contributed by atoms with Crippen molar-refractivity contribution in [1.82, 2.24) is 0 Å². The minimum absolute atomic E-state index is 1.24. The van der Waals surface area contributed by atoms with Gasteiger partial charge >= 0.3 is 0 Å². The number of allylic oxidation sites excluding steroid dienone is 1. The molecule has 1 heteroatoms. The van der Waals surface area contributed by atoms with Gasteiger partial charge in [-0.3, -0.25) is 0 Å². The van der Waals surface area contributed by atoms with Crippen LogP contribution in [0.2, 0.25) is 18.1 Å². The third-order valence-corrected chi connectivity index (χ3v) is 8.93. The molecule has 15 heavy (non-hydrogen) atoms. The molecule has 1 aromatic carbocycles. The highest BCUT2D eigenvalue weighted by molar-refractivity contribution is 6.92. The van der Waals surface area contributed by atoms with E-state index in [2.05, 4.69) is 57.7 Å². The van der Waals surface area contributed by atoms with Gasteiger partial charge in [0, 0.05) is 0 Å². The van der Waals surface area contributed by atoms with E-state index in [4.69, 9.17) is 0 Å². The molecule has 0 saturated carbocycles. The fraction of sp³-hybridized carbons (Fsp3) is 0.429. The van der Waals surface area contributed by atoms with E-state index < -0.39 is 8.07 Å². The molecule has 0 aliphatic carbocycles.